The van der Waals surface area contributed by atoms with E-state index in [0.717, 1.165) is 22.9 Å². The Kier molecular flexibility index (Phi) is 5.29. The summed E-state index contributed by atoms with van der Waals surface area (Å²) in [7, 11) is 0. The van der Waals surface area contributed by atoms with Gasteiger partial charge in [0.05, 0.1) is 5.60 Å². The third kappa shape index (κ3) is 4.46. The molecule has 0 aromatic heterocycles. The standard InChI is InChI=1S/C20H26BrNO5/c1-18(2,3)27-17(25)22-12-19(13-22)8-9-20(11-19,26-10-16(23)24)14-4-6-15(21)7-5-14/h4-7H,8-13H2,1-3H3,(H,23,24). The van der Waals surface area contributed by atoms with Gasteiger partial charge in [-0.05, 0) is 57.7 Å². The summed E-state index contributed by atoms with van der Waals surface area (Å²) in [5.41, 5.74) is -0.192. The van der Waals surface area contributed by atoms with Crippen LogP contribution in [0.4, 0.5) is 4.79 Å². The molecule has 1 spiro atoms. The number of carbonyl (C=O) groups excluding carboxylic acids is 1. The van der Waals surface area contributed by atoms with E-state index in [9.17, 15) is 9.59 Å². The number of amides is 1. The molecule has 1 saturated carbocycles. The van der Waals surface area contributed by atoms with E-state index in [1.54, 1.807) is 4.90 Å². The largest absolute Gasteiger partial charge is 0.480 e. The minimum atomic E-state index is -0.976. The van der Waals surface area contributed by atoms with Gasteiger partial charge in [0, 0.05) is 23.0 Å². The zero-order chi connectivity index (χ0) is 19.9. The average Bonchev–Trinajstić information content (AvgIpc) is 2.92. The van der Waals surface area contributed by atoms with Crippen molar-refractivity contribution in [3.8, 4) is 0 Å². The lowest BCUT2D eigenvalue weighted by Crippen LogP contribution is -2.58. The van der Waals surface area contributed by atoms with Crippen molar-refractivity contribution in [2.45, 2.75) is 51.2 Å². The van der Waals surface area contributed by atoms with Crippen LogP contribution in [-0.2, 0) is 19.9 Å². The number of ether oxygens (including phenoxy) is 2. The minimum Gasteiger partial charge on any atom is -0.480 e. The van der Waals surface area contributed by atoms with Crippen molar-refractivity contribution in [3.05, 3.63) is 34.3 Å². The lowest BCUT2D eigenvalue weighted by molar-refractivity contribution is -0.151. The van der Waals surface area contributed by atoms with Crippen LogP contribution in [-0.4, -0.2) is 47.4 Å². The second kappa shape index (κ2) is 7.09. The number of hydrogen-bond acceptors (Lipinski definition) is 4. The molecular weight excluding hydrogens is 414 g/mol. The lowest BCUT2D eigenvalue weighted by atomic mass is 9.76. The molecule has 2 aliphatic rings. The maximum Gasteiger partial charge on any atom is 0.410 e. The Morgan fingerprint density at radius 2 is 1.81 bits per heavy atom. The van der Waals surface area contributed by atoms with Crippen LogP contribution in [0.2, 0.25) is 0 Å². The van der Waals surface area contributed by atoms with Gasteiger partial charge in [0.15, 0.2) is 0 Å². The second-order valence-electron chi connectivity index (χ2n) is 8.70. The molecule has 1 aromatic rings. The summed E-state index contributed by atoms with van der Waals surface area (Å²) in [4.78, 5) is 25.1. The van der Waals surface area contributed by atoms with Crippen molar-refractivity contribution in [1.29, 1.82) is 0 Å². The van der Waals surface area contributed by atoms with Gasteiger partial charge in [0.2, 0.25) is 0 Å². The number of carboxylic acid groups (broad SMARTS) is 1. The van der Waals surface area contributed by atoms with Crippen molar-refractivity contribution in [2.75, 3.05) is 19.7 Å². The fourth-order valence-corrected chi connectivity index (χ4v) is 4.41. The van der Waals surface area contributed by atoms with E-state index < -0.39 is 17.2 Å². The predicted molar refractivity (Wildman–Crippen MR) is 103 cm³/mol. The molecular formula is C20H26BrNO5. The zero-order valence-corrected chi connectivity index (χ0v) is 17.5. The molecule has 1 saturated heterocycles. The summed E-state index contributed by atoms with van der Waals surface area (Å²) in [6, 6.07) is 7.85. The molecule has 2 fully saturated rings. The van der Waals surface area contributed by atoms with Crippen molar-refractivity contribution < 1.29 is 24.2 Å². The summed E-state index contributed by atoms with van der Waals surface area (Å²) < 4.78 is 12.3. The first kappa shape index (κ1) is 20.1. The maximum absolute atomic E-state index is 12.3. The van der Waals surface area contributed by atoms with E-state index in [1.165, 1.54) is 0 Å². The molecule has 1 atom stereocenters. The molecule has 1 aliphatic carbocycles. The third-order valence-corrected chi connectivity index (χ3v) is 5.79. The Morgan fingerprint density at radius 1 is 1.19 bits per heavy atom. The van der Waals surface area contributed by atoms with Crippen LogP contribution in [0.15, 0.2) is 28.7 Å². The summed E-state index contributed by atoms with van der Waals surface area (Å²) >= 11 is 3.44. The lowest BCUT2D eigenvalue weighted by Gasteiger charge is -2.49. The molecule has 148 valence electrons. The van der Waals surface area contributed by atoms with Crippen LogP contribution in [0.25, 0.3) is 0 Å². The van der Waals surface area contributed by atoms with Crippen molar-refractivity contribution in [3.63, 3.8) is 0 Å². The Morgan fingerprint density at radius 3 is 2.37 bits per heavy atom. The molecule has 1 heterocycles. The molecule has 27 heavy (non-hydrogen) atoms. The van der Waals surface area contributed by atoms with Gasteiger partial charge < -0.3 is 19.5 Å². The fraction of sp³-hybridized carbons (Fsp3) is 0.600. The first-order chi connectivity index (χ1) is 12.5. The van der Waals surface area contributed by atoms with Crippen LogP contribution in [0, 0.1) is 5.41 Å². The Labute approximate surface area is 168 Å². The monoisotopic (exact) mass is 439 g/mol. The molecule has 7 heteroatoms. The molecule has 1 aromatic carbocycles. The molecule has 6 nitrogen and oxygen atoms in total. The quantitative estimate of drug-likeness (QED) is 0.761. The molecule has 1 aliphatic heterocycles. The summed E-state index contributed by atoms with van der Waals surface area (Å²) in [6.07, 6.45) is 2.04. The highest BCUT2D eigenvalue weighted by Gasteiger charge is 2.57. The van der Waals surface area contributed by atoms with Crippen LogP contribution < -0.4 is 0 Å². The topological polar surface area (TPSA) is 76.1 Å². The van der Waals surface area contributed by atoms with Crippen molar-refractivity contribution in [1.82, 2.24) is 4.90 Å². The number of carbonyl (C=O) groups is 2. The number of carboxylic acids is 1. The molecule has 1 N–H and O–H groups in total. The SMILES string of the molecule is CC(C)(C)OC(=O)N1CC2(CCC(OCC(=O)O)(c3ccc(Br)cc3)C2)C1. The average molecular weight is 440 g/mol. The summed E-state index contributed by atoms with van der Waals surface area (Å²) in [6.45, 7) is 6.48. The minimum absolute atomic E-state index is 0.0392. The molecule has 0 radical (unpaired) electrons. The number of nitrogens with zero attached hydrogens (tertiary/aromatic N) is 1. The third-order valence-electron chi connectivity index (χ3n) is 5.27. The normalized spacial score (nSPS) is 23.9. The fourth-order valence-electron chi connectivity index (χ4n) is 4.15. The van der Waals surface area contributed by atoms with Crippen LogP contribution in [0.5, 0.6) is 0 Å². The summed E-state index contributed by atoms with van der Waals surface area (Å²) in [5, 5.41) is 9.10. The van der Waals surface area contributed by atoms with Gasteiger partial charge in [0.1, 0.15) is 12.2 Å². The highest BCUT2D eigenvalue weighted by molar-refractivity contribution is 9.10. The van der Waals surface area contributed by atoms with Crippen LogP contribution in [0.3, 0.4) is 0 Å². The van der Waals surface area contributed by atoms with Gasteiger partial charge in [-0.2, -0.15) is 0 Å². The first-order valence-corrected chi connectivity index (χ1v) is 9.92. The summed E-state index contributed by atoms with van der Waals surface area (Å²) in [5.74, 6) is -0.976. The predicted octanol–water partition coefficient (Wildman–Crippen LogP) is 4.17. The van der Waals surface area contributed by atoms with E-state index in [4.69, 9.17) is 14.6 Å². The van der Waals surface area contributed by atoms with Gasteiger partial charge in [0.25, 0.3) is 0 Å². The van der Waals surface area contributed by atoms with Crippen molar-refractivity contribution in [2.24, 2.45) is 5.41 Å². The van der Waals surface area contributed by atoms with Gasteiger partial charge in [-0.3, -0.25) is 0 Å². The van der Waals surface area contributed by atoms with E-state index >= 15 is 0 Å². The number of halogens is 1. The van der Waals surface area contributed by atoms with Gasteiger partial charge in [-0.1, -0.05) is 28.1 Å². The second-order valence-corrected chi connectivity index (χ2v) is 9.61. The number of hydrogen-bond donors (Lipinski definition) is 1. The molecule has 1 unspecified atom stereocenters. The molecule has 3 rings (SSSR count). The number of benzene rings is 1. The van der Waals surface area contributed by atoms with Crippen LogP contribution >= 0.6 is 15.9 Å². The van der Waals surface area contributed by atoms with Crippen molar-refractivity contribution >= 4 is 28.0 Å². The number of likely N-dealkylation sites (tertiary alicyclic amines) is 1. The van der Waals surface area contributed by atoms with Gasteiger partial charge in [-0.25, -0.2) is 9.59 Å². The molecule has 0 bridgehead atoms. The first-order valence-electron chi connectivity index (χ1n) is 9.12. The maximum atomic E-state index is 12.3. The van der Waals surface area contributed by atoms with Gasteiger partial charge >= 0.3 is 12.1 Å². The zero-order valence-electron chi connectivity index (χ0n) is 16.0. The Hall–Kier alpha value is -1.60. The van der Waals surface area contributed by atoms with E-state index in [2.05, 4.69) is 15.9 Å². The highest BCUT2D eigenvalue weighted by atomic mass is 79.9. The Bertz CT molecular complexity index is 721. The number of rotatable bonds is 4. The smallest absolute Gasteiger partial charge is 0.410 e. The Balaban J connectivity index is 1.72. The van der Waals surface area contributed by atoms with Crippen LogP contribution in [0.1, 0.15) is 45.6 Å². The van der Waals surface area contributed by atoms with Gasteiger partial charge in [-0.15, -0.1) is 0 Å². The van der Waals surface area contributed by atoms with E-state index in [1.807, 2.05) is 45.0 Å². The van der Waals surface area contributed by atoms with E-state index in [0.29, 0.717) is 19.5 Å². The highest BCUT2D eigenvalue weighted by Crippen LogP contribution is 2.55. The van der Waals surface area contributed by atoms with E-state index in [-0.39, 0.29) is 18.1 Å². The number of aliphatic carboxylic acids is 1. The molecule has 1 amide bonds.